The largest absolute Gasteiger partial charge is 0.369 e. The highest BCUT2D eigenvalue weighted by atomic mass is 16.2. The Hall–Kier alpha value is -2.33. The van der Waals surface area contributed by atoms with Crippen LogP contribution in [0.4, 0.5) is 11.4 Å². The van der Waals surface area contributed by atoms with Crippen molar-refractivity contribution in [3.63, 3.8) is 0 Å². The lowest BCUT2D eigenvalue weighted by atomic mass is 10.1. The molecule has 1 amide bonds. The van der Waals surface area contributed by atoms with E-state index in [1.807, 2.05) is 0 Å². The van der Waals surface area contributed by atoms with Crippen molar-refractivity contribution in [1.29, 1.82) is 0 Å². The maximum atomic E-state index is 12.5. The van der Waals surface area contributed by atoms with Gasteiger partial charge in [0, 0.05) is 37.6 Å². The molecular formula is C22H29N3O. The number of aryl methyl sites for hydroxylation is 3. The average Bonchev–Trinajstić information content (AvgIpc) is 2.64. The maximum absolute atomic E-state index is 12.5. The van der Waals surface area contributed by atoms with Crippen molar-refractivity contribution >= 4 is 17.3 Å². The van der Waals surface area contributed by atoms with E-state index in [1.165, 1.54) is 16.8 Å². The number of carbonyl (C=O) groups excluding carboxylic acids is 1. The highest BCUT2D eigenvalue weighted by Gasteiger charge is 2.20. The van der Waals surface area contributed by atoms with E-state index in [9.17, 15) is 4.79 Å². The number of nitrogens with zero attached hydrogens (tertiary/aromatic N) is 2. The molecule has 0 aliphatic carbocycles. The Labute approximate surface area is 156 Å². The molecule has 4 nitrogen and oxygen atoms in total. The van der Waals surface area contributed by atoms with Gasteiger partial charge in [0.15, 0.2) is 0 Å². The van der Waals surface area contributed by atoms with Gasteiger partial charge in [-0.3, -0.25) is 9.69 Å². The summed E-state index contributed by atoms with van der Waals surface area (Å²) in [5.74, 6) is 0.0818. The molecule has 1 saturated heterocycles. The lowest BCUT2D eigenvalue weighted by molar-refractivity contribution is -0.117. The first-order chi connectivity index (χ1) is 12.6. The molecule has 0 unspecified atom stereocenters. The van der Waals surface area contributed by atoms with Gasteiger partial charge < -0.3 is 10.2 Å². The molecule has 1 aliphatic heterocycles. The zero-order valence-electron chi connectivity index (χ0n) is 16.1. The molecule has 0 spiro atoms. The minimum absolute atomic E-state index is 0.0818. The number of hydrogen-bond acceptors (Lipinski definition) is 3. The van der Waals surface area contributed by atoms with Crippen LogP contribution in [0.5, 0.6) is 0 Å². The molecule has 4 heteroatoms. The highest BCUT2D eigenvalue weighted by Crippen LogP contribution is 2.22. The van der Waals surface area contributed by atoms with E-state index < -0.39 is 0 Å². The molecule has 1 aliphatic rings. The van der Waals surface area contributed by atoms with Crippen molar-refractivity contribution in [2.45, 2.75) is 27.2 Å². The van der Waals surface area contributed by atoms with Gasteiger partial charge in [-0.2, -0.15) is 0 Å². The van der Waals surface area contributed by atoms with Crippen LogP contribution in [0.3, 0.4) is 0 Å². The number of piperazine rings is 1. The second kappa shape index (κ2) is 8.37. The number of nitrogens with one attached hydrogen (secondary N) is 1. The fraction of sp³-hybridized carbons (Fsp3) is 0.409. The molecule has 0 saturated carbocycles. The third-order valence-electron chi connectivity index (χ3n) is 5.20. The van der Waals surface area contributed by atoms with Crippen LogP contribution >= 0.6 is 0 Å². The molecule has 138 valence electrons. The first-order valence-electron chi connectivity index (χ1n) is 9.49. The summed E-state index contributed by atoms with van der Waals surface area (Å²) in [7, 11) is 0. The van der Waals surface area contributed by atoms with Gasteiger partial charge in [-0.05, 0) is 43.0 Å². The van der Waals surface area contributed by atoms with Gasteiger partial charge in [-0.25, -0.2) is 0 Å². The second-order valence-electron chi connectivity index (χ2n) is 7.06. The molecular weight excluding hydrogens is 322 g/mol. The Morgan fingerprint density at radius 2 is 1.65 bits per heavy atom. The van der Waals surface area contributed by atoms with Crippen LogP contribution in [0.25, 0.3) is 0 Å². The van der Waals surface area contributed by atoms with Gasteiger partial charge in [0.1, 0.15) is 0 Å². The summed E-state index contributed by atoms with van der Waals surface area (Å²) >= 11 is 0. The summed E-state index contributed by atoms with van der Waals surface area (Å²) in [5.41, 5.74) is 5.93. The molecule has 0 bridgehead atoms. The van der Waals surface area contributed by atoms with Crippen molar-refractivity contribution in [3.8, 4) is 0 Å². The van der Waals surface area contributed by atoms with E-state index in [1.54, 1.807) is 0 Å². The van der Waals surface area contributed by atoms with Gasteiger partial charge in [-0.1, -0.05) is 43.3 Å². The Balaban J connectivity index is 1.55. The predicted molar refractivity (Wildman–Crippen MR) is 109 cm³/mol. The number of rotatable bonds is 5. The van der Waals surface area contributed by atoms with Gasteiger partial charge in [0.2, 0.25) is 5.91 Å². The number of anilines is 2. The number of carbonyl (C=O) groups is 1. The Morgan fingerprint density at radius 1 is 0.962 bits per heavy atom. The normalized spacial score (nSPS) is 15.1. The SMILES string of the molecule is CCc1cccc(C)c1NC(=O)CN1CCN(c2ccccc2C)CC1. The molecule has 0 radical (unpaired) electrons. The molecule has 1 N–H and O–H groups in total. The zero-order chi connectivity index (χ0) is 18.5. The van der Waals surface area contributed by atoms with Crippen molar-refractivity contribution in [2.75, 3.05) is 42.9 Å². The predicted octanol–water partition coefficient (Wildman–Crippen LogP) is 3.63. The molecule has 1 fully saturated rings. The van der Waals surface area contributed by atoms with E-state index in [2.05, 4.69) is 78.4 Å². The molecule has 2 aromatic rings. The van der Waals surface area contributed by atoms with E-state index >= 15 is 0 Å². The average molecular weight is 351 g/mol. The highest BCUT2D eigenvalue weighted by molar-refractivity contribution is 5.93. The van der Waals surface area contributed by atoms with Crippen molar-refractivity contribution in [1.82, 2.24) is 4.90 Å². The van der Waals surface area contributed by atoms with Crippen LogP contribution in [0.15, 0.2) is 42.5 Å². The summed E-state index contributed by atoms with van der Waals surface area (Å²) in [4.78, 5) is 17.2. The van der Waals surface area contributed by atoms with Crippen LogP contribution in [0, 0.1) is 13.8 Å². The topological polar surface area (TPSA) is 35.6 Å². The van der Waals surface area contributed by atoms with Crippen molar-refractivity contribution in [2.24, 2.45) is 0 Å². The monoisotopic (exact) mass is 351 g/mol. The summed E-state index contributed by atoms with van der Waals surface area (Å²) in [6.45, 7) is 10.5. The maximum Gasteiger partial charge on any atom is 0.238 e. The van der Waals surface area contributed by atoms with Crippen LogP contribution in [-0.2, 0) is 11.2 Å². The van der Waals surface area contributed by atoms with Crippen LogP contribution in [0.2, 0.25) is 0 Å². The van der Waals surface area contributed by atoms with E-state index in [4.69, 9.17) is 0 Å². The van der Waals surface area contributed by atoms with Gasteiger partial charge in [0.25, 0.3) is 0 Å². The number of amides is 1. The van der Waals surface area contributed by atoms with E-state index in [-0.39, 0.29) is 5.91 Å². The van der Waals surface area contributed by atoms with Gasteiger partial charge in [-0.15, -0.1) is 0 Å². The Kier molecular flexibility index (Phi) is 5.94. The zero-order valence-corrected chi connectivity index (χ0v) is 16.1. The summed E-state index contributed by atoms with van der Waals surface area (Å²) in [6.07, 6.45) is 0.923. The molecule has 0 aromatic heterocycles. The third-order valence-corrected chi connectivity index (χ3v) is 5.20. The molecule has 1 heterocycles. The van der Waals surface area contributed by atoms with Crippen molar-refractivity contribution in [3.05, 3.63) is 59.2 Å². The molecule has 3 rings (SSSR count). The fourth-order valence-corrected chi connectivity index (χ4v) is 3.65. The molecule has 2 aromatic carbocycles. The third kappa shape index (κ3) is 4.25. The van der Waals surface area contributed by atoms with E-state index in [0.717, 1.165) is 43.9 Å². The molecule has 26 heavy (non-hydrogen) atoms. The minimum atomic E-state index is 0.0818. The lowest BCUT2D eigenvalue weighted by Crippen LogP contribution is -2.48. The fourth-order valence-electron chi connectivity index (χ4n) is 3.65. The quantitative estimate of drug-likeness (QED) is 0.893. The van der Waals surface area contributed by atoms with Gasteiger partial charge in [0.05, 0.1) is 6.54 Å². The summed E-state index contributed by atoms with van der Waals surface area (Å²) in [6, 6.07) is 14.7. The Morgan fingerprint density at radius 3 is 2.35 bits per heavy atom. The summed E-state index contributed by atoms with van der Waals surface area (Å²) in [5, 5.41) is 3.13. The molecule has 0 atom stereocenters. The van der Waals surface area contributed by atoms with Gasteiger partial charge >= 0.3 is 0 Å². The first kappa shape index (κ1) is 18.5. The van der Waals surface area contributed by atoms with Crippen LogP contribution in [-0.4, -0.2) is 43.5 Å². The lowest BCUT2D eigenvalue weighted by Gasteiger charge is -2.36. The van der Waals surface area contributed by atoms with Crippen molar-refractivity contribution < 1.29 is 4.79 Å². The number of para-hydroxylation sites is 2. The standard InChI is InChI=1S/C22H29N3O/c1-4-19-10-7-9-18(3)22(19)23-21(26)16-24-12-14-25(15-13-24)20-11-6-5-8-17(20)2/h5-11H,4,12-16H2,1-3H3,(H,23,26). The van der Waals surface area contributed by atoms with Crippen LogP contribution in [0.1, 0.15) is 23.6 Å². The van der Waals surface area contributed by atoms with Crippen LogP contribution < -0.4 is 10.2 Å². The first-order valence-corrected chi connectivity index (χ1v) is 9.49. The summed E-state index contributed by atoms with van der Waals surface area (Å²) < 4.78 is 0. The number of benzene rings is 2. The Bertz CT molecular complexity index is 764. The minimum Gasteiger partial charge on any atom is -0.369 e. The smallest absolute Gasteiger partial charge is 0.238 e. The van der Waals surface area contributed by atoms with E-state index in [0.29, 0.717) is 6.54 Å². The number of hydrogen-bond donors (Lipinski definition) is 1. The second-order valence-corrected chi connectivity index (χ2v) is 7.06.